The molecule has 29 heavy (non-hydrogen) atoms. The van der Waals surface area contributed by atoms with E-state index >= 15 is 0 Å². The Labute approximate surface area is 167 Å². The minimum absolute atomic E-state index is 0.0785. The predicted molar refractivity (Wildman–Crippen MR) is 94.5 cm³/mol. The van der Waals surface area contributed by atoms with Gasteiger partial charge in [-0.1, -0.05) is 0 Å². The first-order chi connectivity index (χ1) is 13.8. The second-order valence-electron chi connectivity index (χ2n) is 7.11. The van der Waals surface area contributed by atoms with Crippen molar-refractivity contribution in [2.24, 2.45) is 0 Å². The summed E-state index contributed by atoms with van der Waals surface area (Å²) < 4.78 is 22.2. The van der Waals surface area contributed by atoms with Crippen molar-refractivity contribution in [3.05, 3.63) is 0 Å². The van der Waals surface area contributed by atoms with Crippen LogP contribution < -0.4 is 5.32 Å². The molecule has 0 aromatic carbocycles. The third kappa shape index (κ3) is 5.82. The van der Waals surface area contributed by atoms with Gasteiger partial charge in [0.15, 0.2) is 6.29 Å². The van der Waals surface area contributed by atoms with Crippen molar-refractivity contribution in [2.45, 2.75) is 74.6 Å². The number of carbonyl (C=O) groups is 1. The lowest BCUT2D eigenvalue weighted by Gasteiger charge is -2.46. The third-order valence-corrected chi connectivity index (χ3v) is 5.08. The molecule has 0 saturated carbocycles. The van der Waals surface area contributed by atoms with Gasteiger partial charge in [-0.05, 0) is 13.3 Å². The molecule has 0 radical (unpaired) electrons. The van der Waals surface area contributed by atoms with Crippen LogP contribution in [-0.4, -0.2) is 125 Å². The first-order valence-corrected chi connectivity index (χ1v) is 9.54. The van der Waals surface area contributed by atoms with E-state index in [4.69, 9.17) is 18.9 Å². The number of hydrogen-bond donors (Lipinski definition) is 7. The molecule has 2 heterocycles. The average Bonchev–Trinajstić information content (AvgIpc) is 2.72. The molecule has 1 amide bonds. The van der Waals surface area contributed by atoms with Crippen molar-refractivity contribution in [1.29, 1.82) is 0 Å². The quantitative estimate of drug-likeness (QED) is 0.133. The molecule has 2 aliphatic heterocycles. The van der Waals surface area contributed by atoms with E-state index in [9.17, 15) is 35.4 Å². The number of hydrogen-bond acceptors (Lipinski definition) is 11. The Morgan fingerprint density at radius 1 is 0.931 bits per heavy atom. The lowest BCUT2D eigenvalue weighted by molar-refractivity contribution is -0.346. The maximum atomic E-state index is 10.4. The first kappa shape index (κ1) is 24.3. The van der Waals surface area contributed by atoms with E-state index in [2.05, 4.69) is 5.32 Å². The van der Waals surface area contributed by atoms with Crippen LogP contribution in [0.4, 0.5) is 0 Å². The summed E-state index contributed by atoms with van der Waals surface area (Å²) in [5.41, 5.74) is 0. The summed E-state index contributed by atoms with van der Waals surface area (Å²) >= 11 is 0. The highest BCUT2D eigenvalue weighted by Crippen LogP contribution is 2.30. The monoisotopic (exact) mass is 425 g/mol. The molecular formula is C17H31NO11. The van der Waals surface area contributed by atoms with Crippen molar-refractivity contribution in [3.63, 3.8) is 0 Å². The molecular weight excluding hydrogens is 394 g/mol. The van der Waals surface area contributed by atoms with E-state index in [1.165, 1.54) is 6.92 Å². The van der Waals surface area contributed by atoms with Gasteiger partial charge in [-0.2, -0.15) is 0 Å². The number of carbonyl (C=O) groups excluding carboxylic acids is 1. The van der Waals surface area contributed by atoms with Crippen molar-refractivity contribution < 1.29 is 54.4 Å². The van der Waals surface area contributed by atoms with E-state index < -0.39 is 74.4 Å². The number of ether oxygens (including phenoxy) is 4. The molecule has 170 valence electrons. The highest BCUT2D eigenvalue weighted by molar-refractivity contribution is 5.45. The average molecular weight is 425 g/mol. The van der Waals surface area contributed by atoms with Gasteiger partial charge in [-0.15, -0.1) is 0 Å². The molecule has 0 aliphatic carbocycles. The molecule has 1 unspecified atom stereocenters. The van der Waals surface area contributed by atoms with Crippen LogP contribution in [-0.2, 0) is 23.7 Å². The van der Waals surface area contributed by atoms with Gasteiger partial charge in [-0.25, -0.2) is 0 Å². The van der Waals surface area contributed by atoms with E-state index in [1.54, 1.807) is 0 Å². The Kier molecular flexibility index (Phi) is 9.62. The third-order valence-electron chi connectivity index (χ3n) is 5.08. The number of rotatable bonds is 10. The Balaban J connectivity index is 2.11. The van der Waals surface area contributed by atoms with Crippen LogP contribution in [0, 0.1) is 0 Å². The van der Waals surface area contributed by atoms with Gasteiger partial charge < -0.3 is 54.9 Å². The first-order valence-electron chi connectivity index (χ1n) is 9.54. The van der Waals surface area contributed by atoms with Gasteiger partial charge in [0.1, 0.15) is 48.8 Å². The Hall–Kier alpha value is -0.930. The van der Waals surface area contributed by atoms with Crippen molar-refractivity contribution in [3.8, 4) is 0 Å². The topological polar surface area (TPSA) is 187 Å². The summed E-state index contributed by atoms with van der Waals surface area (Å²) in [5, 5.41) is 62.4. The fourth-order valence-corrected chi connectivity index (χ4v) is 3.39. The summed E-state index contributed by atoms with van der Waals surface area (Å²) in [4.78, 5) is 10.3. The second-order valence-corrected chi connectivity index (χ2v) is 7.11. The van der Waals surface area contributed by atoms with Gasteiger partial charge in [0.2, 0.25) is 6.41 Å². The SMILES string of the molecule is C[C@H]1O[C@H](CO)[C@@H](OC2O[C@H](CO)[C@@H](O)[C@H](O)[C@H]2OCCCNC=O)[C@H](O)[C@H]1O. The van der Waals surface area contributed by atoms with Crippen molar-refractivity contribution in [1.82, 2.24) is 5.32 Å². The number of nitrogens with one attached hydrogen (secondary N) is 1. The maximum absolute atomic E-state index is 10.4. The predicted octanol–water partition coefficient (Wildman–Crippen LogP) is -4.17. The summed E-state index contributed by atoms with van der Waals surface area (Å²) in [6.07, 6.45) is -11.4. The van der Waals surface area contributed by atoms with Crippen LogP contribution in [0.2, 0.25) is 0 Å². The summed E-state index contributed by atoms with van der Waals surface area (Å²) in [6.45, 7) is 0.816. The van der Waals surface area contributed by atoms with Crippen molar-refractivity contribution in [2.75, 3.05) is 26.4 Å². The van der Waals surface area contributed by atoms with Crippen LogP contribution in [0.15, 0.2) is 0 Å². The van der Waals surface area contributed by atoms with Gasteiger partial charge in [0.25, 0.3) is 0 Å². The zero-order valence-corrected chi connectivity index (χ0v) is 16.1. The highest BCUT2D eigenvalue weighted by Gasteiger charge is 2.50. The molecule has 2 rings (SSSR count). The normalized spacial score (nSPS) is 43.1. The molecule has 2 aliphatic rings. The fraction of sp³-hybridized carbons (Fsp3) is 0.941. The lowest BCUT2D eigenvalue weighted by Crippen LogP contribution is -2.64. The zero-order valence-electron chi connectivity index (χ0n) is 16.1. The largest absolute Gasteiger partial charge is 0.394 e. The molecule has 12 nitrogen and oxygen atoms in total. The highest BCUT2D eigenvalue weighted by atomic mass is 16.7. The zero-order chi connectivity index (χ0) is 21.6. The molecule has 2 saturated heterocycles. The van der Waals surface area contributed by atoms with Crippen LogP contribution in [0.25, 0.3) is 0 Å². The molecule has 10 atom stereocenters. The van der Waals surface area contributed by atoms with Gasteiger partial charge in [0, 0.05) is 13.2 Å². The van der Waals surface area contributed by atoms with E-state index in [0.717, 1.165) is 0 Å². The maximum Gasteiger partial charge on any atom is 0.207 e. The summed E-state index contributed by atoms with van der Waals surface area (Å²) in [7, 11) is 0. The minimum Gasteiger partial charge on any atom is -0.394 e. The van der Waals surface area contributed by atoms with Gasteiger partial charge >= 0.3 is 0 Å². The van der Waals surface area contributed by atoms with E-state index in [-0.39, 0.29) is 6.61 Å². The fourth-order valence-electron chi connectivity index (χ4n) is 3.39. The van der Waals surface area contributed by atoms with Crippen LogP contribution in [0.3, 0.4) is 0 Å². The Morgan fingerprint density at radius 3 is 2.21 bits per heavy atom. The van der Waals surface area contributed by atoms with Gasteiger partial charge in [-0.3, -0.25) is 4.79 Å². The van der Waals surface area contributed by atoms with Crippen LogP contribution in [0.1, 0.15) is 13.3 Å². The molecule has 0 spiro atoms. The Bertz CT molecular complexity index is 496. The smallest absolute Gasteiger partial charge is 0.207 e. The molecule has 2 fully saturated rings. The lowest BCUT2D eigenvalue weighted by atomic mass is 9.95. The van der Waals surface area contributed by atoms with E-state index in [1.807, 2.05) is 0 Å². The van der Waals surface area contributed by atoms with Crippen LogP contribution in [0.5, 0.6) is 0 Å². The molecule has 0 aromatic heterocycles. The van der Waals surface area contributed by atoms with Crippen molar-refractivity contribution >= 4 is 6.41 Å². The van der Waals surface area contributed by atoms with Gasteiger partial charge in [0.05, 0.1) is 19.3 Å². The summed E-state index contributed by atoms with van der Waals surface area (Å²) in [5.74, 6) is 0. The second kappa shape index (κ2) is 11.5. The minimum atomic E-state index is -1.48. The molecule has 0 aromatic rings. The van der Waals surface area contributed by atoms with E-state index in [0.29, 0.717) is 19.4 Å². The summed E-state index contributed by atoms with van der Waals surface area (Å²) in [6, 6.07) is 0. The molecule has 0 bridgehead atoms. The number of amides is 1. The number of aliphatic hydroxyl groups excluding tert-OH is 6. The standard InChI is InChI=1S/C17H31NO11/c1-8-11(22)13(24)15(10(6-20)27-8)29-17-16(26-4-2-3-18-7-21)14(25)12(23)9(5-19)28-17/h7-17,19-20,22-25H,2-6H2,1H3,(H,18,21)/t8-,9-,10-,11+,12-,13-,14+,15-,16-,17?/m1/s1. The Morgan fingerprint density at radius 2 is 1.59 bits per heavy atom. The van der Waals surface area contributed by atoms with Crippen LogP contribution >= 0.6 is 0 Å². The molecule has 12 heteroatoms. The number of aliphatic hydroxyl groups is 6. The molecule has 7 N–H and O–H groups in total.